The molecule has 2 radical (unpaired) electrons. The summed E-state index contributed by atoms with van der Waals surface area (Å²) in [6.45, 7) is 6.31. The Morgan fingerprint density at radius 2 is 1.67 bits per heavy atom. The van der Waals surface area contributed by atoms with E-state index >= 15 is 0 Å². The van der Waals surface area contributed by atoms with Crippen molar-refractivity contribution >= 4 is 27.7 Å². The first kappa shape index (κ1) is 4.42. The summed E-state index contributed by atoms with van der Waals surface area (Å²) in [7, 11) is 4.33. The van der Waals surface area contributed by atoms with Gasteiger partial charge < -0.3 is 0 Å². The van der Waals surface area contributed by atoms with Crippen molar-refractivity contribution in [2.24, 2.45) is 0 Å². The Kier molecular flexibility index (Phi) is 1.33. The first-order chi connectivity index (χ1) is 2.89. The van der Waals surface area contributed by atoms with Crippen LogP contribution in [0.5, 0.6) is 0 Å². The van der Waals surface area contributed by atoms with Crippen molar-refractivity contribution in [1.29, 1.82) is 0 Å². The van der Waals surface area contributed by atoms with E-state index in [1.807, 2.05) is 0 Å². The standard InChI is InChI=1S/C2H4B4/c1-2-3-5-6-4-2/h2H,1H3. The van der Waals surface area contributed by atoms with Gasteiger partial charge in [0.05, 0.1) is 0 Å². The average molecular weight is 71.3 g/mol. The molecule has 1 aliphatic rings. The fourth-order valence-corrected chi connectivity index (χ4v) is 0.543. The average Bonchev–Trinajstić information content (AvgIpc) is 1.86. The molecule has 0 fully saturated rings. The Morgan fingerprint density at radius 1 is 1.17 bits per heavy atom. The predicted molar refractivity (Wildman–Crippen MR) is 32.4 cm³/mol. The molecule has 0 aromatic carbocycles. The normalized spacial score (nSPS) is 17.5. The molecule has 0 bridgehead atoms. The fourth-order valence-electron chi connectivity index (χ4n) is 0.543. The molecule has 1 heterocycles. The minimum absolute atomic E-state index is 0.685. The van der Waals surface area contributed by atoms with Crippen LogP contribution < -0.4 is 0 Å². The molecule has 1 aliphatic heterocycles. The molecule has 0 saturated heterocycles. The van der Waals surface area contributed by atoms with Crippen molar-refractivity contribution < 1.29 is 0 Å². The maximum absolute atomic E-state index is 2.17. The molecule has 0 unspecified atom stereocenters. The number of rotatable bonds is 0. The second kappa shape index (κ2) is 1.81. The second-order valence-electron chi connectivity index (χ2n) is 1.63. The van der Waals surface area contributed by atoms with Gasteiger partial charge in [0.2, 0.25) is 0 Å². The van der Waals surface area contributed by atoms with E-state index in [2.05, 4.69) is 34.6 Å². The Bertz CT molecular complexity index is 59.9. The molecule has 0 atom stereocenters. The van der Waals surface area contributed by atoms with Gasteiger partial charge in [-0.05, 0) is 0 Å². The van der Waals surface area contributed by atoms with Crippen LogP contribution in [0.4, 0.5) is 0 Å². The molecular formula is C2H4B4. The summed E-state index contributed by atoms with van der Waals surface area (Å²) >= 11 is 0. The molecule has 1 rings (SSSR count). The first-order valence-corrected chi connectivity index (χ1v) is 2.24. The number of hydrogen-bond acceptors (Lipinski definition) is 0. The van der Waals surface area contributed by atoms with E-state index in [0.717, 1.165) is 0 Å². The summed E-state index contributed by atoms with van der Waals surface area (Å²) in [6.07, 6.45) is 0. The van der Waals surface area contributed by atoms with E-state index < -0.39 is 0 Å². The van der Waals surface area contributed by atoms with E-state index in [1.54, 1.807) is 0 Å². The Morgan fingerprint density at radius 3 is 1.83 bits per heavy atom. The molecular weight excluding hydrogens is 67.3 g/mol. The Balaban J connectivity index is 2.32. The summed E-state index contributed by atoms with van der Waals surface area (Å²) in [5, 5.41) is 0. The van der Waals surface area contributed by atoms with Crippen LogP contribution >= 0.6 is 0 Å². The summed E-state index contributed by atoms with van der Waals surface area (Å²) in [6, 6.07) is 0. The molecule has 0 saturated carbocycles. The molecule has 24 valence electrons. The molecule has 6 heavy (non-hydrogen) atoms. The van der Waals surface area contributed by atoms with Gasteiger partial charge in [-0.15, -0.1) is 0 Å². The van der Waals surface area contributed by atoms with Gasteiger partial charge in [0.1, 0.15) is 0 Å². The minimum atomic E-state index is 0.685. The molecule has 0 aromatic heterocycles. The summed E-state index contributed by atoms with van der Waals surface area (Å²) in [4.78, 5) is 0. The van der Waals surface area contributed by atoms with E-state index in [9.17, 15) is 0 Å². The monoisotopic (exact) mass is 72.1 g/mol. The molecule has 0 N–H and O–H groups in total. The second-order valence-corrected chi connectivity index (χ2v) is 1.63. The quantitative estimate of drug-likeness (QED) is 0.332. The Hall–Kier alpha value is 0.260. The zero-order valence-electron chi connectivity index (χ0n) is 3.89. The van der Waals surface area contributed by atoms with Crippen molar-refractivity contribution in [3.05, 3.63) is 0 Å². The summed E-state index contributed by atoms with van der Waals surface area (Å²) < 4.78 is 0. The van der Waals surface area contributed by atoms with Gasteiger partial charge in [0.15, 0.2) is 0 Å². The third kappa shape index (κ3) is 0.859. The topological polar surface area (TPSA) is 0 Å². The molecule has 0 spiro atoms. The van der Waals surface area contributed by atoms with Gasteiger partial charge in [-0.25, -0.2) is 0 Å². The molecule has 4 heteroatoms. The van der Waals surface area contributed by atoms with Gasteiger partial charge >= 0.3 is 40.4 Å². The number of hydrogen-bond donors (Lipinski definition) is 0. The van der Waals surface area contributed by atoms with Gasteiger partial charge in [0.25, 0.3) is 0 Å². The van der Waals surface area contributed by atoms with Crippen LogP contribution in [-0.4, -0.2) is 27.7 Å². The van der Waals surface area contributed by atoms with Gasteiger partial charge in [-0.3, -0.25) is 0 Å². The van der Waals surface area contributed by atoms with E-state index in [0.29, 0.717) is 5.72 Å². The molecule has 0 aliphatic carbocycles. The van der Waals surface area contributed by atoms with Crippen LogP contribution in [0.2, 0.25) is 5.72 Å². The summed E-state index contributed by atoms with van der Waals surface area (Å²) in [5.41, 5.74) is 0.685. The zero-order valence-corrected chi connectivity index (χ0v) is 3.89. The molecule has 0 aromatic rings. The van der Waals surface area contributed by atoms with Crippen LogP contribution in [0, 0.1) is 0 Å². The van der Waals surface area contributed by atoms with Crippen LogP contribution in [0.3, 0.4) is 0 Å². The van der Waals surface area contributed by atoms with Gasteiger partial charge in [0, 0.05) is 0 Å². The molecule has 0 amide bonds. The van der Waals surface area contributed by atoms with Crippen molar-refractivity contribution in [3.63, 3.8) is 0 Å². The third-order valence-corrected chi connectivity index (χ3v) is 0.940. The third-order valence-electron chi connectivity index (χ3n) is 0.940. The van der Waals surface area contributed by atoms with Crippen LogP contribution in [0.15, 0.2) is 0 Å². The van der Waals surface area contributed by atoms with Crippen molar-refractivity contribution in [1.82, 2.24) is 0 Å². The molecule has 0 nitrogen and oxygen atoms in total. The van der Waals surface area contributed by atoms with E-state index in [-0.39, 0.29) is 0 Å². The van der Waals surface area contributed by atoms with E-state index in [1.165, 1.54) is 0 Å². The summed E-state index contributed by atoms with van der Waals surface area (Å²) in [5.74, 6) is 0. The fraction of sp³-hybridized carbons (Fsp3) is 1.00. The van der Waals surface area contributed by atoms with Crippen molar-refractivity contribution in [2.75, 3.05) is 0 Å². The predicted octanol–water partition coefficient (Wildman–Crippen LogP) is -0.672. The van der Waals surface area contributed by atoms with Gasteiger partial charge in [-0.1, -0.05) is 0 Å². The SMILES string of the molecule is CC1[B]B=B[B]1. The van der Waals surface area contributed by atoms with Crippen LogP contribution in [-0.2, 0) is 0 Å². The van der Waals surface area contributed by atoms with Crippen molar-refractivity contribution in [2.45, 2.75) is 12.6 Å². The maximum atomic E-state index is 2.17. The van der Waals surface area contributed by atoms with Crippen LogP contribution in [0.1, 0.15) is 6.92 Å². The van der Waals surface area contributed by atoms with Crippen molar-refractivity contribution in [3.8, 4) is 0 Å². The zero-order chi connectivity index (χ0) is 4.41. The Labute approximate surface area is 41.3 Å². The first-order valence-electron chi connectivity index (χ1n) is 2.24. The van der Waals surface area contributed by atoms with E-state index in [4.69, 9.17) is 0 Å². The van der Waals surface area contributed by atoms with Crippen LogP contribution in [0.25, 0.3) is 0 Å². The van der Waals surface area contributed by atoms with Gasteiger partial charge in [-0.2, -0.15) is 0 Å².